The Morgan fingerprint density at radius 3 is 2.24 bits per heavy atom. The Labute approximate surface area is 174 Å². The van der Waals surface area contributed by atoms with Crippen molar-refractivity contribution in [1.29, 1.82) is 0 Å². The van der Waals surface area contributed by atoms with Crippen LogP contribution in [0.2, 0.25) is 5.02 Å². The summed E-state index contributed by atoms with van der Waals surface area (Å²) in [7, 11) is -3.60. The summed E-state index contributed by atoms with van der Waals surface area (Å²) < 4.78 is 31.8. The largest absolute Gasteiger partial charge is 0.452 e. The molecule has 29 heavy (non-hydrogen) atoms. The zero-order valence-electron chi connectivity index (χ0n) is 15.9. The number of carbonyl (C=O) groups is 2. The monoisotopic (exact) mass is 436 g/mol. The van der Waals surface area contributed by atoms with E-state index < -0.39 is 22.6 Å². The quantitative estimate of drug-likeness (QED) is 0.672. The third-order valence-electron chi connectivity index (χ3n) is 4.67. The highest BCUT2D eigenvalue weighted by Gasteiger charge is 2.30. The van der Waals surface area contributed by atoms with Crippen molar-refractivity contribution in [2.24, 2.45) is 0 Å². The maximum atomic E-state index is 12.7. The Morgan fingerprint density at radius 2 is 1.62 bits per heavy atom. The first-order chi connectivity index (χ1) is 13.8. The highest BCUT2D eigenvalue weighted by Crippen LogP contribution is 2.19. The number of nitrogens with zero attached hydrogens (tertiary/aromatic N) is 2. The number of halogens is 1. The van der Waals surface area contributed by atoms with Gasteiger partial charge in [-0.15, -0.1) is 0 Å². The van der Waals surface area contributed by atoms with Gasteiger partial charge >= 0.3 is 5.97 Å². The van der Waals surface area contributed by atoms with E-state index >= 15 is 0 Å². The van der Waals surface area contributed by atoms with E-state index in [0.29, 0.717) is 0 Å². The highest BCUT2D eigenvalue weighted by molar-refractivity contribution is 7.89. The molecule has 0 spiro atoms. The maximum Gasteiger partial charge on any atom is 0.340 e. The number of hydrogen-bond acceptors (Lipinski definition) is 5. The Kier molecular flexibility index (Phi) is 6.56. The molecule has 1 heterocycles. The first kappa shape index (κ1) is 21.3. The number of carbonyl (C=O) groups excluding carboxylic acids is 2. The van der Waals surface area contributed by atoms with Gasteiger partial charge in [0.2, 0.25) is 10.0 Å². The second-order valence-electron chi connectivity index (χ2n) is 6.65. The molecule has 1 saturated heterocycles. The normalized spacial score (nSPS) is 15.2. The van der Waals surface area contributed by atoms with Gasteiger partial charge in [0.25, 0.3) is 5.91 Å². The summed E-state index contributed by atoms with van der Waals surface area (Å²) in [6, 6.07) is 13.1. The van der Waals surface area contributed by atoms with Crippen molar-refractivity contribution in [3.05, 3.63) is 64.7 Å². The standard InChI is InChI=1S/C20H21ClN2O5S/c1-15-6-8-16(9-7-15)29(26,27)23-12-10-22(11-13-23)19(24)14-28-20(25)17-4-2-3-5-18(17)21/h2-9H,10-14H2,1H3. The second kappa shape index (κ2) is 8.94. The second-order valence-corrected chi connectivity index (χ2v) is 9.00. The van der Waals surface area contributed by atoms with Crippen LogP contribution in [-0.2, 0) is 19.6 Å². The lowest BCUT2D eigenvalue weighted by atomic mass is 10.2. The molecule has 0 atom stereocenters. The van der Waals surface area contributed by atoms with Gasteiger partial charge < -0.3 is 9.64 Å². The number of rotatable bonds is 5. The molecule has 7 nitrogen and oxygen atoms in total. The van der Waals surface area contributed by atoms with Crippen LogP contribution in [0.25, 0.3) is 0 Å². The van der Waals surface area contributed by atoms with Crippen LogP contribution in [0.4, 0.5) is 0 Å². The minimum Gasteiger partial charge on any atom is -0.452 e. The molecular formula is C20H21ClN2O5S. The summed E-state index contributed by atoms with van der Waals surface area (Å²) in [5.41, 5.74) is 1.17. The zero-order chi connectivity index (χ0) is 21.0. The number of aryl methyl sites for hydroxylation is 1. The van der Waals surface area contributed by atoms with E-state index in [4.69, 9.17) is 16.3 Å². The molecule has 2 aromatic rings. The van der Waals surface area contributed by atoms with Gasteiger partial charge in [0.1, 0.15) is 0 Å². The van der Waals surface area contributed by atoms with Crippen LogP contribution in [0.5, 0.6) is 0 Å². The van der Waals surface area contributed by atoms with Gasteiger partial charge in [-0.3, -0.25) is 4.79 Å². The summed E-state index contributed by atoms with van der Waals surface area (Å²) in [5.74, 6) is -1.05. The molecule has 154 valence electrons. The first-order valence-corrected chi connectivity index (χ1v) is 10.9. The first-order valence-electron chi connectivity index (χ1n) is 9.05. The molecule has 0 N–H and O–H groups in total. The lowest BCUT2D eigenvalue weighted by Crippen LogP contribution is -2.51. The van der Waals surface area contributed by atoms with Crippen LogP contribution in [0.1, 0.15) is 15.9 Å². The number of piperazine rings is 1. The molecule has 0 aliphatic carbocycles. The zero-order valence-corrected chi connectivity index (χ0v) is 17.4. The minimum atomic E-state index is -3.60. The summed E-state index contributed by atoms with van der Waals surface area (Å²) in [5, 5.41) is 0.250. The van der Waals surface area contributed by atoms with E-state index in [0.717, 1.165) is 5.56 Å². The molecule has 0 radical (unpaired) electrons. The third kappa shape index (κ3) is 4.95. The average Bonchev–Trinajstić information content (AvgIpc) is 2.72. The van der Waals surface area contributed by atoms with E-state index in [9.17, 15) is 18.0 Å². The van der Waals surface area contributed by atoms with Crippen molar-refractivity contribution < 1.29 is 22.7 Å². The molecule has 0 aromatic heterocycles. The van der Waals surface area contributed by atoms with Crippen LogP contribution < -0.4 is 0 Å². The van der Waals surface area contributed by atoms with Gasteiger partial charge in [0, 0.05) is 26.2 Å². The molecule has 0 bridgehead atoms. The van der Waals surface area contributed by atoms with Gasteiger partial charge in [0.15, 0.2) is 6.61 Å². The fourth-order valence-electron chi connectivity index (χ4n) is 2.96. The van der Waals surface area contributed by atoms with Crippen molar-refractivity contribution >= 4 is 33.5 Å². The summed E-state index contributed by atoms with van der Waals surface area (Å²) in [6.07, 6.45) is 0. The molecule has 1 fully saturated rings. The Balaban J connectivity index is 1.53. The van der Waals surface area contributed by atoms with E-state index in [1.165, 1.54) is 15.3 Å². The van der Waals surface area contributed by atoms with Crippen LogP contribution in [0.15, 0.2) is 53.4 Å². The number of sulfonamides is 1. The predicted molar refractivity (Wildman–Crippen MR) is 108 cm³/mol. The van der Waals surface area contributed by atoms with Crippen molar-refractivity contribution in [3.8, 4) is 0 Å². The van der Waals surface area contributed by atoms with Gasteiger partial charge in [0.05, 0.1) is 15.5 Å². The van der Waals surface area contributed by atoms with Crippen LogP contribution >= 0.6 is 11.6 Å². The lowest BCUT2D eigenvalue weighted by Gasteiger charge is -2.33. The number of ether oxygens (including phenoxy) is 1. The molecule has 1 aliphatic heterocycles. The molecule has 0 unspecified atom stereocenters. The summed E-state index contributed by atoms with van der Waals surface area (Å²) in [4.78, 5) is 26.1. The van der Waals surface area contributed by atoms with Gasteiger partial charge in [-0.1, -0.05) is 41.4 Å². The fraction of sp³-hybridized carbons (Fsp3) is 0.300. The molecule has 2 aromatic carbocycles. The number of amides is 1. The van der Waals surface area contributed by atoms with Crippen molar-refractivity contribution in [1.82, 2.24) is 9.21 Å². The van der Waals surface area contributed by atoms with Gasteiger partial charge in [-0.25, -0.2) is 13.2 Å². The fourth-order valence-corrected chi connectivity index (χ4v) is 4.60. The SMILES string of the molecule is Cc1ccc(S(=O)(=O)N2CCN(C(=O)COC(=O)c3ccccc3Cl)CC2)cc1. The van der Waals surface area contributed by atoms with Crippen LogP contribution in [0, 0.1) is 6.92 Å². The average molecular weight is 437 g/mol. The lowest BCUT2D eigenvalue weighted by molar-refractivity contribution is -0.135. The van der Waals surface area contributed by atoms with Crippen molar-refractivity contribution in [3.63, 3.8) is 0 Å². The highest BCUT2D eigenvalue weighted by atomic mass is 35.5. The Bertz CT molecular complexity index is 1000. The molecule has 1 amide bonds. The van der Waals surface area contributed by atoms with Crippen molar-refractivity contribution in [2.75, 3.05) is 32.8 Å². The predicted octanol–water partition coefficient (Wildman–Crippen LogP) is 2.34. The Hall–Kier alpha value is -2.42. The molecule has 0 saturated carbocycles. The van der Waals surface area contributed by atoms with Gasteiger partial charge in [-0.05, 0) is 31.2 Å². The van der Waals surface area contributed by atoms with Crippen molar-refractivity contribution in [2.45, 2.75) is 11.8 Å². The smallest absolute Gasteiger partial charge is 0.340 e. The van der Waals surface area contributed by atoms with E-state index in [1.807, 2.05) is 6.92 Å². The maximum absolute atomic E-state index is 12.7. The molecule has 1 aliphatic rings. The molecular weight excluding hydrogens is 416 g/mol. The van der Waals surface area contributed by atoms with Gasteiger partial charge in [-0.2, -0.15) is 4.31 Å². The van der Waals surface area contributed by atoms with Crippen LogP contribution in [-0.4, -0.2) is 62.3 Å². The number of hydrogen-bond donors (Lipinski definition) is 0. The molecule has 9 heteroatoms. The summed E-state index contributed by atoms with van der Waals surface area (Å²) >= 11 is 5.94. The number of esters is 1. The van der Waals surface area contributed by atoms with Crippen LogP contribution in [0.3, 0.4) is 0 Å². The third-order valence-corrected chi connectivity index (χ3v) is 6.91. The number of benzene rings is 2. The minimum absolute atomic E-state index is 0.181. The molecule has 3 rings (SSSR count). The topological polar surface area (TPSA) is 84.0 Å². The van der Waals surface area contributed by atoms with E-state index in [2.05, 4.69) is 0 Å². The summed E-state index contributed by atoms with van der Waals surface area (Å²) in [6.45, 7) is 2.29. The van der Waals surface area contributed by atoms with E-state index in [1.54, 1.807) is 42.5 Å². The van der Waals surface area contributed by atoms with E-state index in [-0.39, 0.29) is 47.6 Å². The Morgan fingerprint density at radius 1 is 1.00 bits per heavy atom.